The lowest BCUT2D eigenvalue weighted by molar-refractivity contribution is -0.105. The van der Waals surface area contributed by atoms with Crippen LogP contribution in [0.25, 0.3) is 0 Å². The number of hydrogen-bond donors (Lipinski definition) is 1. The summed E-state index contributed by atoms with van der Waals surface area (Å²) in [6.07, 6.45) is 0.661. The normalized spacial score (nSPS) is 8.90. The van der Waals surface area contributed by atoms with Crippen LogP contribution in [0.5, 0.6) is 0 Å². The Morgan fingerprint density at radius 1 is 1.70 bits per heavy atom. The van der Waals surface area contributed by atoms with E-state index < -0.39 is 0 Å². The van der Waals surface area contributed by atoms with Gasteiger partial charge < -0.3 is 5.32 Å². The Hall–Kier alpha value is -1.31. The number of hydrogen-bond acceptors (Lipinski definition) is 1. The minimum atomic E-state index is 0.661. The molecule has 1 radical (unpaired) electrons. The van der Waals surface area contributed by atoms with Crippen LogP contribution < -0.4 is 5.32 Å². The summed E-state index contributed by atoms with van der Waals surface area (Å²) in [6.45, 7) is 1.93. The highest BCUT2D eigenvalue weighted by atomic mass is 16.1. The van der Waals surface area contributed by atoms with Gasteiger partial charge in [0.1, 0.15) is 0 Å². The van der Waals surface area contributed by atoms with E-state index in [0.29, 0.717) is 6.41 Å². The molecular formula is C8H8NO. The maximum absolute atomic E-state index is 9.96. The summed E-state index contributed by atoms with van der Waals surface area (Å²) >= 11 is 0. The average molecular weight is 134 g/mol. The minimum absolute atomic E-state index is 0.661. The highest BCUT2D eigenvalue weighted by Crippen LogP contribution is 2.06. The standard InChI is InChI=1S/C8H8NO/c1-7-3-2-4-8(5-7)9-6-10/h2,4-6H,1H3,(H,9,10). The van der Waals surface area contributed by atoms with Crippen LogP contribution in [-0.4, -0.2) is 6.41 Å². The van der Waals surface area contributed by atoms with Crippen LogP contribution in [0.4, 0.5) is 5.69 Å². The van der Waals surface area contributed by atoms with Crippen molar-refractivity contribution in [2.24, 2.45) is 0 Å². The number of amides is 1. The average Bonchev–Trinajstić information content (AvgIpc) is 1.88. The molecule has 1 aromatic rings. The zero-order valence-corrected chi connectivity index (χ0v) is 5.72. The van der Waals surface area contributed by atoms with Gasteiger partial charge in [0.2, 0.25) is 6.41 Å². The van der Waals surface area contributed by atoms with Crippen LogP contribution in [0.2, 0.25) is 0 Å². The van der Waals surface area contributed by atoms with E-state index >= 15 is 0 Å². The molecule has 0 bridgehead atoms. The quantitative estimate of drug-likeness (QED) is 0.608. The van der Waals surface area contributed by atoms with Crippen molar-refractivity contribution >= 4 is 12.1 Å². The molecule has 0 fully saturated rings. The van der Waals surface area contributed by atoms with Crippen LogP contribution in [0.15, 0.2) is 18.2 Å². The van der Waals surface area contributed by atoms with Crippen LogP contribution >= 0.6 is 0 Å². The molecule has 0 atom stereocenters. The Morgan fingerprint density at radius 3 is 3.10 bits per heavy atom. The first kappa shape index (κ1) is 6.81. The van der Waals surface area contributed by atoms with E-state index in [4.69, 9.17) is 0 Å². The molecule has 0 saturated heterocycles. The molecule has 0 aliphatic heterocycles. The van der Waals surface area contributed by atoms with Crippen LogP contribution in [-0.2, 0) is 4.79 Å². The van der Waals surface area contributed by atoms with E-state index in [1.807, 2.05) is 13.0 Å². The molecule has 1 aromatic carbocycles. The number of anilines is 1. The van der Waals surface area contributed by atoms with Crippen LogP contribution in [0, 0.1) is 13.0 Å². The van der Waals surface area contributed by atoms with E-state index in [2.05, 4.69) is 11.4 Å². The van der Waals surface area contributed by atoms with Gasteiger partial charge in [-0.3, -0.25) is 4.79 Å². The van der Waals surface area contributed by atoms with Crippen molar-refractivity contribution in [1.82, 2.24) is 0 Å². The lowest BCUT2D eigenvalue weighted by Gasteiger charge is -1.96. The van der Waals surface area contributed by atoms with Crippen LogP contribution in [0.3, 0.4) is 0 Å². The van der Waals surface area contributed by atoms with Gasteiger partial charge in [-0.1, -0.05) is 6.07 Å². The van der Waals surface area contributed by atoms with Gasteiger partial charge in [0.15, 0.2) is 0 Å². The molecular weight excluding hydrogens is 126 g/mol. The Kier molecular flexibility index (Phi) is 2.05. The van der Waals surface area contributed by atoms with Gasteiger partial charge in [0.05, 0.1) is 0 Å². The van der Waals surface area contributed by atoms with E-state index in [1.165, 1.54) is 0 Å². The fourth-order valence-corrected chi connectivity index (χ4v) is 0.744. The van der Waals surface area contributed by atoms with Gasteiger partial charge in [0.25, 0.3) is 0 Å². The predicted molar refractivity (Wildman–Crippen MR) is 39.7 cm³/mol. The maximum atomic E-state index is 9.96. The maximum Gasteiger partial charge on any atom is 0.211 e. The molecule has 2 nitrogen and oxygen atoms in total. The van der Waals surface area contributed by atoms with Gasteiger partial charge in [-0.15, -0.1) is 0 Å². The smallest absolute Gasteiger partial charge is 0.211 e. The lowest BCUT2D eigenvalue weighted by atomic mass is 10.2. The number of carbonyl (C=O) groups excluding carboxylic acids is 1. The Balaban J connectivity index is 2.84. The molecule has 0 heterocycles. The van der Waals surface area contributed by atoms with Crippen molar-refractivity contribution < 1.29 is 4.79 Å². The summed E-state index contributed by atoms with van der Waals surface area (Å²) in [5.74, 6) is 0. The third kappa shape index (κ3) is 1.58. The molecule has 0 aliphatic carbocycles. The molecule has 0 aromatic heterocycles. The molecule has 2 heteroatoms. The second-order valence-corrected chi connectivity index (χ2v) is 2.02. The summed E-state index contributed by atoms with van der Waals surface area (Å²) in [5, 5.41) is 2.55. The summed E-state index contributed by atoms with van der Waals surface area (Å²) in [7, 11) is 0. The van der Waals surface area contributed by atoms with Crippen LogP contribution in [0.1, 0.15) is 5.56 Å². The number of rotatable bonds is 2. The summed E-state index contributed by atoms with van der Waals surface area (Å²) in [6, 6.07) is 8.40. The highest BCUT2D eigenvalue weighted by molar-refractivity contribution is 5.71. The zero-order chi connectivity index (χ0) is 7.40. The topological polar surface area (TPSA) is 29.1 Å². The first-order valence-corrected chi connectivity index (χ1v) is 3.01. The first-order valence-electron chi connectivity index (χ1n) is 3.01. The molecule has 0 saturated carbocycles. The van der Waals surface area contributed by atoms with Gasteiger partial charge >= 0.3 is 0 Å². The molecule has 51 valence electrons. The number of benzene rings is 1. The highest BCUT2D eigenvalue weighted by Gasteiger charge is 1.87. The second kappa shape index (κ2) is 3.01. The van der Waals surface area contributed by atoms with E-state index in [1.54, 1.807) is 12.1 Å². The lowest BCUT2D eigenvalue weighted by Crippen LogP contribution is -1.92. The molecule has 0 aliphatic rings. The molecule has 0 unspecified atom stereocenters. The third-order valence-corrected chi connectivity index (χ3v) is 1.17. The van der Waals surface area contributed by atoms with Gasteiger partial charge in [-0.05, 0) is 30.7 Å². The molecule has 1 rings (SSSR count). The Bertz CT molecular complexity index is 232. The summed E-state index contributed by atoms with van der Waals surface area (Å²) in [4.78, 5) is 9.96. The predicted octanol–water partition coefficient (Wildman–Crippen LogP) is 1.36. The van der Waals surface area contributed by atoms with Crippen molar-refractivity contribution in [2.45, 2.75) is 6.92 Å². The van der Waals surface area contributed by atoms with E-state index in [9.17, 15) is 4.79 Å². The van der Waals surface area contributed by atoms with E-state index in [0.717, 1.165) is 11.3 Å². The van der Waals surface area contributed by atoms with Crippen molar-refractivity contribution in [3.63, 3.8) is 0 Å². The van der Waals surface area contributed by atoms with Crippen molar-refractivity contribution in [3.05, 3.63) is 29.8 Å². The summed E-state index contributed by atoms with van der Waals surface area (Å²) in [5.41, 5.74) is 1.83. The fourth-order valence-electron chi connectivity index (χ4n) is 0.744. The first-order chi connectivity index (χ1) is 4.83. The van der Waals surface area contributed by atoms with Crippen molar-refractivity contribution in [3.8, 4) is 0 Å². The SMILES string of the molecule is Cc1[c]ccc(NC=O)c1. The minimum Gasteiger partial charge on any atom is -0.329 e. The zero-order valence-electron chi connectivity index (χ0n) is 5.72. The molecule has 0 spiro atoms. The number of aryl methyl sites for hydroxylation is 1. The monoisotopic (exact) mass is 134 g/mol. The fraction of sp³-hybridized carbons (Fsp3) is 0.125. The Morgan fingerprint density at radius 2 is 2.50 bits per heavy atom. The third-order valence-electron chi connectivity index (χ3n) is 1.17. The van der Waals surface area contributed by atoms with E-state index in [-0.39, 0.29) is 0 Å². The number of carbonyl (C=O) groups is 1. The Labute approximate surface area is 59.9 Å². The van der Waals surface area contributed by atoms with Crippen molar-refractivity contribution in [2.75, 3.05) is 5.32 Å². The molecule has 1 amide bonds. The van der Waals surface area contributed by atoms with Gasteiger partial charge in [0, 0.05) is 5.69 Å². The van der Waals surface area contributed by atoms with Crippen molar-refractivity contribution in [1.29, 1.82) is 0 Å². The second-order valence-electron chi connectivity index (χ2n) is 2.02. The summed E-state index contributed by atoms with van der Waals surface area (Å²) < 4.78 is 0. The molecule has 10 heavy (non-hydrogen) atoms. The van der Waals surface area contributed by atoms with Gasteiger partial charge in [-0.2, -0.15) is 0 Å². The van der Waals surface area contributed by atoms with Gasteiger partial charge in [-0.25, -0.2) is 0 Å². The molecule has 1 N–H and O–H groups in total. The number of nitrogens with one attached hydrogen (secondary N) is 1. The largest absolute Gasteiger partial charge is 0.329 e.